The molecule has 2 aliphatic rings. The van der Waals surface area contributed by atoms with Gasteiger partial charge in [-0.15, -0.1) is 10.2 Å². The van der Waals surface area contributed by atoms with Gasteiger partial charge in [-0.05, 0) is 29.5 Å². The lowest BCUT2D eigenvalue weighted by Crippen LogP contribution is -2.40. The summed E-state index contributed by atoms with van der Waals surface area (Å²) in [6, 6.07) is 9.69. The first kappa shape index (κ1) is 21.7. The number of H-pyrrole nitrogens is 1. The van der Waals surface area contributed by atoms with Crippen molar-refractivity contribution in [2.24, 2.45) is 0 Å². The van der Waals surface area contributed by atoms with Crippen LogP contribution in [0.3, 0.4) is 0 Å². The molecule has 2 aliphatic heterocycles. The van der Waals surface area contributed by atoms with Crippen LogP contribution in [0.4, 0.5) is 17.6 Å². The monoisotopic (exact) mass is 461 g/mol. The molecule has 5 rings (SSSR count). The highest BCUT2D eigenvalue weighted by Crippen LogP contribution is 2.24. The van der Waals surface area contributed by atoms with Crippen LogP contribution >= 0.6 is 0 Å². The first-order chi connectivity index (χ1) is 16.8. The summed E-state index contributed by atoms with van der Waals surface area (Å²) in [5.41, 5.74) is 1.91. The van der Waals surface area contributed by atoms with Gasteiger partial charge in [0.25, 0.3) is 0 Å². The number of nitrogens with one attached hydrogen (secondary N) is 2. The molecule has 174 valence electrons. The first-order valence-electron chi connectivity index (χ1n) is 10.9. The Labute approximate surface area is 195 Å². The second kappa shape index (κ2) is 10.2. The van der Waals surface area contributed by atoms with E-state index in [2.05, 4.69) is 35.7 Å². The van der Waals surface area contributed by atoms with Crippen molar-refractivity contribution in [1.82, 2.24) is 35.6 Å². The Bertz CT molecular complexity index is 1130. The number of allylic oxidation sites excluding steroid dienone is 1. The summed E-state index contributed by atoms with van der Waals surface area (Å²) < 4.78 is 11.0. The van der Waals surface area contributed by atoms with Crippen LogP contribution in [0.15, 0.2) is 30.5 Å². The van der Waals surface area contributed by atoms with Crippen molar-refractivity contribution in [3.63, 3.8) is 0 Å². The average molecular weight is 461 g/mol. The molecule has 2 fully saturated rings. The summed E-state index contributed by atoms with van der Waals surface area (Å²) in [5, 5.41) is 25.9. The van der Waals surface area contributed by atoms with Gasteiger partial charge < -0.3 is 24.6 Å². The summed E-state index contributed by atoms with van der Waals surface area (Å²) >= 11 is 0. The third-order valence-corrected chi connectivity index (χ3v) is 5.43. The van der Waals surface area contributed by atoms with Crippen molar-refractivity contribution >= 4 is 23.2 Å². The minimum atomic E-state index is 0.225. The lowest BCUT2D eigenvalue weighted by molar-refractivity contribution is 0.121. The van der Waals surface area contributed by atoms with E-state index >= 15 is 0 Å². The molecule has 0 bridgehead atoms. The molecule has 0 radical (unpaired) electrons. The molecule has 0 saturated carbocycles. The number of rotatable bonds is 6. The molecule has 2 saturated heterocycles. The number of aromatic amines is 1. The number of ether oxygens (including phenoxy) is 2. The molecule has 0 amide bonds. The fraction of sp³-hybridized carbons (Fsp3) is 0.381. The van der Waals surface area contributed by atoms with E-state index in [1.807, 2.05) is 30.3 Å². The number of benzene rings is 1. The Morgan fingerprint density at radius 1 is 0.941 bits per heavy atom. The normalized spacial score (nSPS) is 16.9. The van der Waals surface area contributed by atoms with Crippen LogP contribution in [0.25, 0.3) is 17.0 Å². The van der Waals surface area contributed by atoms with Gasteiger partial charge in [-0.1, -0.05) is 0 Å². The van der Waals surface area contributed by atoms with E-state index in [9.17, 15) is 5.26 Å². The third-order valence-electron chi connectivity index (χ3n) is 5.43. The molecule has 0 spiro atoms. The minimum absolute atomic E-state index is 0.225. The standard InChI is InChI=1S/C21H23N11O2/c22-13-16(19-27-29-30-28-19)14-23-17-3-1-15(2-4-17)18-24-20(31-5-9-33-10-6-31)26-21(25-18)32-7-11-34-12-8-32/h1-4,14,23H,5-12H2,(H,27,28,29,30). The lowest BCUT2D eigenvalue weighted by atomic mass is 10.2. The van der Waals surface area contributed by atoms with E-state index in [0.29, 0.717) is 44.1 Å². The molecular weight excluding hydrogens is 438 g/mol. The maximum Gasteiger partial charge on any atom is 0.230 e. The van der Waals surface area contributed by atoms with E-state index in [4.69, 9.17) is 24.4 Å². The van der Waals surface area contributed by atoms with Crippen molar-refractivity contribution in [3.05, 3.63) is 36.3 Å². The zero-order valence-electron chi connectivity index (χ0n) is 18.4. The van der Waals surface area contributed by atoms with Crippen LogP contribution in [0.2, 0.25) is 0 Å². The topological polar surface area (TPSA) is 154 Å². The quantitative estimate of drug-likeness (QED) is 0.497. The third kappa shape index (κ3) is 4.92. The Kier molecular flexibility index (Phi) is 6.50. The Morgan fingerprint density at radius 3 is 2.09 bits per heavy atom. The second-order valence-corrected chi connectivity index (χ2v) is 7.58. The van der Waals surface area contributed by atoms with Crippen molar-refractivity contribution < 1.29 is 9.47 Å². The minimum Gasteiger partial charge on any atom is -0.378 e. The van der Waals surface area contributed by atoms with Gasteiger partial charge in [0.2, 0.25) is 17.7 Å². The van der Waals surface area contributed by atoms with E-state index in [-0.39, 0.29) is 11.4 Å². The second-order valence-electron chi connectivity index (χ2n) is 7.58. The zero-order chi connectivity index (χ0) is 23.2. The van der Waals surface area contributed by atoms with Crippen LogP contribution in [0.5, 0.6) is 0 Å². The summed E-state index contributed by atoms with van der Waals surface area (Å²) in [6.07, 6.45) is 1.54. The number of morpholine rings is 2. The molecule has 13 heteroatoms. The van der Waals surface area contributed by atoms with Crippen molar-refractivity contribution in [3.8, 4) is 17.5 Å². The van der Waals surface area contributed by atoms with Crippen LogP contribution in [0.1, 0.15) is 5.82 Å². The highest BCUT2D eigenvalue weighted by Gasteiger charge is 2.21. The van der Waals surface area contributed by atoms with Crippen LogP contribution in [-0.4, -0.2) is 88.2 Å². The van der Waals surface area contributed by atoms with Crippen molar-refractivity contribution in [2.75, 3.05) is 67.7 Å². The number of tetrazole rings is 1. The number of anilines is 3. The van der Waals surface area contributed by atoms with E-state index < -0.39 is 0 Å². The molecule has 13 nitrogen and oxygen atoms in total. The molecule has 4 heterocycles. The first-order valence-corrected chi connectivity index (χ1v) is 10.9. The summed E-state index contributed by atoms with van der Waals surface area (Å²) in [7, 11) is 0. The van der Waals surface area contributed by atoms with Gasteiger partial charge in [0.1, 0.15) is 11.6 Å². The highest BCUT2D eigenvalue weighted by atomic mass is 16.5. The Balaban J connectivity index is 1.40. The van der Waals surface area contributed by atoms with Gasteiger partial charge in [0.05, 0.1) is 26.4 Å². The largest absolute Gasteiger partial charge is 0.378 e. The lowest BCUT2D eigenvalue weighted by Gasteiger charge is -2.30. The number of nitrogens with zero attached hydrogens (tertiary/aromatic N) is 9. The fourth-order valence-corrected chi connectivity index (χ4v) is 3.59. The predicted molar refractivity (Wildman–Crippen MR) is 123 cm³/mol. The molecule has 0 atom stereocenters. The Hall–Kier alpha value is -4.15. The van der Waals surface area contributed by atoms with Gasteiger partial charge >= 0.3 is 0 Å². The molecule has 34 heavy (non-hydrogen) atoms. The molecule has 1 aromatic carbocycles. The van der Waals surface area contributed by atoms with Gasteiger partial charge in [-0.25, -0.2) is 0 Å². The SMILES string of the molecule is N#CC(=CNc1ccc(-c2nc(N3CCOCC3)nc(N3CCOCC3)n2)cc1)c1nn[nH]n1. The number of hydrogen-bond acceptors (Lipinski definition) is 12. The molecule has 2 N–H and O–H groups in total. The Morgan fingerprint density at radius 2 is 1.56 bits per heavy atom. The van der Waals surface area contributed by atoms with E-state index in [0.717, 1.165) is 37.4 Å². The van der Waals surface area contributed by atoms with Gasteiger partial charge in [0, 0.05) is 43.6 Å². The number of nitriles is 1. The molecule has 0 unspecified atom stereocenters. The smallest absolute Gasteiger partial charge is 0.230 e. The molecule has 0 aliphatic carbocycles. The fourth-order valence-electron chi connectivity index (χ4n) is 3.59. The molecule has 3 aromatic rings. The van der Waals surface area contributed by atoms with Crippen molar-refractivity contribution in [1.29, 1.82) is 5.26 Å². The van der Waals surface area contributed by atoms with Gasteiger partial charge in [-0.3, -0.25) is 0 Å². The average Bonchev–Trinajstić information content (AvgIpc) is 3.45. The van der Waals surface area contributed by atoms with Crippen LogP contribution < -0.4 is 15.1 Å². The van der Waals surface area contributed by atoms with E-state index in [1.54, 1.807) is 0 Å². The summed E-state index contributed by atoms with van der Waals surface area (Å²) in [5.74, 6) is 2.13. The highest BCUT2D eigenvalue weighted by molar-refractivity contribution is 5.74. The van der Waals surface area contributed by atoms with Crippen LogP contribution in [0, 0.1) is 11.3 Å². The maximum atomic E-state index is 9.31. The van der Waals surface area contributed by atoms with Crippen LogP contribution in [-0.2, 0) is 9.47 Å². The number of aromatic nitrogens is 7. The predicted octanol–water partition coefficient (Wildman–Crippen LogP) is 0.701. The maximum absolute atomic E-state index is 9.31. The van der Waals surface area contributed by atoms with Gasteiger partial charge in [0.15, 0.2) is 5.82 Å². The summed E-state index contributed by atoms with van der Waals surface area (Å²) in [6.45, 7) is 5.55. The number of hydrogen-bond donors (Lipinski definition) is 2. The van der Waals surface area contributed by atoms with Crippen molar-refractivity contribution in [2.45, 2.75) is 0 Å². The van der Waals surface area contributed by atoms with E-state index in [1.165, 1.54) is 6.20 Å². The van der Waals surface area contributed by atoms with Gasteiger partial charge in [-0.2, -0.15) is 25.4 Å². The molecule has 2 aromatic heterocycles. The molecular formula is C21H23N11O2. The zero-order valence-corrected chi connectivity index (χ0v) is 18.4. The summed E-state index contributed by atoms with van der Waals surface area (Å²) in [4.78, 5) is 18.5.